The minimum Gasteiger partial charge on any atom is -0.376 e. The summed E-state index contributed by atoms with van der Waals surface area (Å²) in [5, 5.41) is 10.4. The largest absolute Gasteiger partial charge is 0.376 e. The van der Waals surface area contributed by atoms with Crippen LogP contribution in [0.5, 0.6) is 0 Å². The molecule has 0 spiro atoms. The molecule has 0 radical (unpaired) electrons. The molecule has 1 aliphatic carbocycles. The van der Waals surface area contributed by atoms with Crippen molar-refractivity contribution in [3.8, 4) is 6.07 Å². The highest BCUT2D eigenvalue weighted by Crippen LogP contribution is 2.34. The van der Waals surface area contributed by atoms with Gasteiger partial charge in [0.25, 0.3) is 5.56 Å². The monoisotopic (exact) mass is 361 g/mol. The summed E-state index contributed by atoms with van der Waals surface area (Å²) in [5.41, 5.74) is 1.27. The third-order valence-electron chi connectivity index (χ3n) is 4.72. The van der Waals surface area contributed by atoms with E-state index in [2.05, 4.69) is 6.07 Å². The number of hydrogen-bond acceptors (Lipinski definition) is 6. The molecule has 3 heterocycles. The van der Waals surface area contributed by atoms with Gasteiger partial charge in [0.05, 0.1) is 29.9 Å². The maximum Gasteiger partial charge on any atom is 0.263 e. The Morgan fingerprint density at radius 1 is 1.38 bits per heavy atom. The first-order valence-corrected chi connectivity index (χ1v) is 10.2. The van der Waals surface area contributed by atoms with Gasteiger partial charge in [0.2, 0.25) is 0 Å². The van der Waals surface area contributed by atoms with Gasteiger partial charge in [-0.25, -0.2) is 4.98 Å². The molecule has 4 rings (SSSR count). The Hall–Kier alpha value is -1.36. The average Bonchev–Trinajstić information content (AvgIpc) is 3.22. The first-order chi connectivity index (χ1) is 11.8. The van der Waals surface area contributed by atoms with Crippen LogP contribution in [0.4, 0.5) is 0 Å². The molecular formula is C17H19N3O2S2. The minimum absolute atomic E-state index is 0.0512. The van der Waals surface area contributed by atoms with E-state index in [1.807, 2.05) is 0 Å². The highest BCUT2D eigenvalue weighted by Gasteiger charge is 2.24. The summed E-state index contributed by atoms with van der Waals surface area (Å²) in [6.45, 7) is 1.31. The van der Waals surface area contributed by atoms with Crippen LogP contribution in [0.2, 0.25) is 0 Å². The third-order valence-corrected chi connectivity index (χ3v) is 6.74. The number of fused-ring (bicyclic) bond motifs is 3. The summed E-state index contributed by atoms with van der Waals surface area (Å²) < 4.78 is 7.47. The van der Waals surface area contributed by atoms with Crippen LogP contribution < -0.4 is 5.56 Å². The minimum atomic E-state index is 0.0512. The van der Waals surface area contributed by atoms with Gasteiger partial charge in [-0.05, 0) is 44.1 Å². The molecule has 0 amide bonds. The van der Waals surface area contributed by atoms with Crippen molar-refractivity contribution in [2.24, 2.45) is 0 Å². The standard InChI is InChI=1S/C17H19N3O2S2/c18-7-9-23-17-19-15-14(12-5-1-2-6-13(12)24-15)16(21)20(17)10-11-4-3-8-22-11/h11H,1-6,8-10H2. The van der Waals surface area contributed by atoms with Gasteiger partial charge in [-0.2, -0.15) is 5.26 Å². The van der Waals surface area contributed by atoms with Crippen molar-refractivity contribution < 1.29 is 4.74 Å². The van der Waals surface area contributed by atoms with Gasteiger partial charge in [-0.1, -0.05) is 11.8 Å². The highest BCUT2D eigenvalue weighted by molar-refractivity contribution is 7.99. The smallest absolute Gasteiger partial charge is 0.263 e. The summed E-state index contributed by atoms with van der Waals surface area (Å²) in [4.78, 5) is 20.1. The van der Waals surface area contributed by atoms with E-state index in [-0.39, 0.29) is 11.7 Å². The summed E-state index contributed by atoms with van der Waals surface area (Å²) in [6, 6.07) is 2.13. The number of nitriles is 1. The fourth-order valence-corrected chi connectivity index (χ4v) is 5.55. The Bertz CT molecular complexity index is 859. The van der Waals surface area contributed by atoms with Crippen LogP contribution in [0, 0.1) is 11.3 Å². The van der Waals surface area contributed by atoms with Gasteiger partial charge in [-0.3, -0.25) is 9.36 Å². The molecule has 2 aliphatic rings. The van der Waals surface area contributed by atoms with Crippen LogP contribution in [0.15, 0.2) is 9.95 Å². The molecule has 5 nitrogen and oxygen atoms in total. The number of thioether (sulfide) groups is 1. The predicted octanol–water partition coefficient (Wildman–Crippen LogP) is 3.13. The maximum atomic E-state index is 13.2. The number of thiophene rings is 1. The van der Waals surface area contributed by atoms with Gasteiger partial charge in [0.1, 0.15) is 4.83 Å². The lowest BCUT2D eigenvalue weighted by Gasteiger charge is -2.16. The van der Waals surface area contributed by atoms with Gasteiger partial charge < -0.3 is 4.74 Å². The van der Waals surface area contributed by atoms with E-state index >= 15 is 0 Å². The highest BCUT2D eigenvalue weighted by atomic mass is 32.2. The Morgan fingerprint density at radius 3 is 3.04 bits per heavy atom. The summed E-state index contributed by atoms with van der Waals surface area (Å²) in [6.07, 6.45) is 6.49. The number of aryl methyl sites for hydroxylation is 2. The van der Waals surface area contributed by atoms with Crippen LogP contribution in [-0.4, -0.2) is 28.0 Å². The zero-order chi connectivity index (χ0) is 16.5. The summed E-state index contributed by atoms with van der Waals surface area (Å²) in [5.74, 6) is 0.300. The van der Waals surface area contributed by atoms with E-state index in [1.54, 1.807) is 15.9 Å². The van der Waals surface area contributed by atoms with Crippen LogP contribution in [-0.2, 0) is 24.1 Å². The molecule has 2 aromatic rings. The average molecular weight is 361 g/mol. The van der Waals surface area contributed by atoms with E-state index in [9.17, 15) is 4.79 Å². The molecule has 2 aromatic heterocycles. The molecule has 126 valence electrons. The molecular weight excluding hydrogens is 342 g/mol. The summed E-state index contributed by atoms with van der Waals surface area (Å²) in [7, 11) is 0. The van der Waals surface area contributed by atoms with Gasteiger partial charge >= 0.3 is 0 Å². The van der Waals surface area contributed by atoms with Crippen molar-refractivity contribution in [2.45, 2.75) is 56.3 Å². The molecule has 1 unspecified atom stereocenters. The van der Waals surface area contributed by atoms with Crippen LogP contribution in [0.3, 0.4) is 0 Å². The van der Waals surface area contributed by atoms with Crippen LogP contribution >= 0.6 is 23.1 Å². The quantitative estimate of drug-likeness (QED) is 0.618. The molecule has 24 heavy (non-hydrogen) atoms. The van der Waals surface area contributed by atoms with E-state index < -0.39 is 0 Å². The van der Waals surface area contributed by atoms with Gasteiger partial charge in [0.15, 0.2) is 5.16 Å². The van der Waals surface area contributed by atoms with Crippen molar-refractivity contribution in [1.29, 1.82) is 5.26 Å². The van der Waals surface area contributed by atoms with Gasteiger partial charge in [0, 0.05) is 11.5 Å². The number of aromatic nitrogens is 2. The van der Waals surface area contributed by atoms with Crippen molar-refractivity contribution >= 4 is 33.3 Å². The zero-order valence-electron chi connectivity index (χ0n) is 13.4. The lowest BCUT2D eigenvalue weighted by molar-refractivity contribution is 0.0937. The van der Waals surface area contributed by atoms with E-state index in [0.717, 1.165) is 48.9 Å². The van der Waals surface area contributed by atoms with Crippen LogP contribution in [0.1, 0.15) is 36.1 Å². The van der Waals surface area contributed by atoms with Crippen molar-refractivity contribution in [2.75, 3.05) is 12.4 Å². The Labute approximate surface area is 148 Å². The van der Waals surface area contributed by atoms with Crippen molar-refractivity contribution in [1.82, 2.24) is 9.55 Å². The molecule has 1 saturated heterocycles. The first-order valence-electron chi connectivity index (χ1n) is 8.44. The fourth-order valence-electron chi connectivity index (χ4n) is 3.58. The van der Waals surface area contributed by atoms with E-state index in [4.69, 9.17) is 15.0 Å². The molecule has 0 N–H and O–H groups in total. The van der Waals surface area contributed by atoms with Crippen molar-refractivity contribution in [3.63, 3.8) is 0 Å². The number of hydrogen-bond donors (Lipinski definition) is 0. The first kappa shape index (κ1) is 16.1. The third kappa shape index (κ3) is 2.87. The second kappa shape index (κ2) is 6.87. The number of rotatable bonds is 4. The van der Waals surface area contributed by atoms with E-state index in [0.29, 0.717) is 17.5 Å². The Kier molecular flexibility index (Phi) is 4.61. The molecule has 7 heteroatoms. The lowest BCUT2D eigenvalue weighted by Crippen LogP contribution is -2.29. The molecule has 1 aliphatic heterocycles. The SMILES string of the molecule is N#CCSc1nc2sc3c(c2c(=O)n1CC1CCCO1)CCCC3. The van der Waals surface area contributed by atoms with Crippen LogP contribution in [0.25, 0.3) is 10.2 Å². The second-order valence-corrected chi connectivity index (χ2v) is 8.31. The predicted molar refractivity (Wildman–Crippen MR) is 95.8 cm³/mol. The van der Waals surface area contributed by atoms with Crippen molar-refractivity contribution in [3.05, 3.63) is 20.8 Å². The molecule has 1 fully saturated rings. The Balaban J connectivity index is 1.84. The number of nitrogens with zero attached hydrogens (tertiary/aromatic N) is 3. The molecule has 0 bridgehead atoms. The molecule has 0 saturated carbocycles. The van der Waals surface area contributed by atoms with Gasteiger partial charge in [-0.15, -0.1) is 11.3 Å². The fraction of sp³-hybridized carbons (Fsp3) is 0.588. The van der Waals surface area contributed by atoms with E-state index in [1.165, 1.54) is 28.6 Å². The maximum absolute atomic E-state index is 13.2. The normalized spacial score (nSPS) is 20.2. The zero-order valence-corrected chi connectivity index (χ0v) is 15.0. The number of ether oxygens (including phenoxy) is 1. The summed E-state index contributed by atoms with van der Waals surface area (Å²) >= 11 is 3.01. The Morgan fingerprint density at radius 2 is 2.25 bits per heavy atom. The molecule has 1 atom stereocenters. The lowest BCUT2D eigenvalue weighted by atomic mass is 9.97. The molecule has 0 aromatic carbocycles. The second-order valence-electron chi connectivity index (χ2n) is 6.28. The topological polar surface area (TPSA) is 67.9 Å².